The van der Waals surface area contributed by atoms with E-state index < -0.39 is 0 Å². The highest BCUT2D eigenvalue weighted by molar-refractivity contribution is 6.28. The van der Waals surface area contributed by atoms with Crippen molar-refractivity contribution < 1.29 is 4.74 Å². The molecule has 0 aliphatic heterocycles. The van der Waals surface area contributed by atoms with Crippen LogP contribution in [-0.4, -0.2) is 49.3 Å². The number of nitrogens with zero attached hydrogens (tertiary/aromatic N) is 4. The van der Waals surface area contributed by atoms with Gasteiger partial charge in [0.05, 0.1) is 0 Å². The van der Waals surface area contributed by atoms with Crippen LogP contribution in [0.5, 0.6) is 0 Å². The molecule has 0 amide bonds. The third kappa shape index (κ3) is 4.16. The molecule has 0 saturated heterocycles. The first kappa shape index (κ1) is 12.9. The van der Waals surface area contributed by atoms with E-state index in [1.807, 2.05) is 14.1 Å². The molecule has 0 aliphatic carbocycles. The summed E-state index contributed by atoms with van der Waals surface area (Å²) < 4.78 is 4.94. The van der Waals surface area contributed by atoms with Gasteiger partial charge in [-0.1, -0.05) is 0 Å². The minimum Gasteiger partial charge on any atom is -0.385 e. The normalized spacial score (nSPS) is 10.2. The first-order chi connectivity index (χ1) is 7.63. The van der Waals surface area contributed by atoms with Crippen LogP contribution in [0.15, 0.2) is 0 Å². The van der Waals surface area contributed by atoms with Gasteiger partial charge in [-0.2, -0.15) is 15.0 Å². The highest BCUT2D eigenvalue weighted by Gasteiger charge is 2.05. The average Bonchev–Trinajstić information content (AvgIpc) is 2.23. The molecule has 0 unspecified atom stereocenters. The van der Waals surface area contributed by atoms with Crippen molar-refractivity contribution in [3.8, 4) is 0 Å². The third-order valence-electron chi connectivity index (χ3n) is 1.80. The van der Waals surface area contributed by atoms with Gasteiger partial charge in [-0.05, 0) is 18.0 Å². The maximum absolute atomic E-state index is 5.78. The van der Waals surface area contributed by atoms with Gasteiger partial charge in [-0.15, -0.1) is 0 Å². The topological polar surface area (TPSA) is 63.2 Å². The summed E-state index contributed by atoms with van der Waals surface area (Å²) in [6.45, 7) is 1.44. The largest absolute Gasteiger partial charge is 0.385 e. The molecule has 16 heavy (non-hydrogen) atoms. The van der Waals surface area contributed by atoms with Crippen LogP contribution < -0.4 is 10.2 Å². The van der Waals surface area contributed by atoms with Crippen molar-refractivity contribution in [3.05, 3.63) is 5.28 Å². The minimum absolute atomic E-state index is 0.188. The Morgan fingerprint density at radius 3 is 2.69 bits per heavy atom. The second kappa shape index (κ2) is 6.44. The molecule has 0 aliphatic rings. The van der Waals surface area contributed by atoms with Crippen molar-refractivity contribution in [1.82, 2.24) is 15.0 Å². The number of aromatic nitrogens is 3. The predicted octanol–water partition coefficient (Wildman–Crippen LogP) is 1.04. The van der Waals surface area contributed by atoms with Crippen LogP contribution in [0.2, 0.25) is 5.28 Å². The molecule has 0 fully saturated rings. The fraction of sp³-hybridized carbons (Fsp3) is 0.667. The molecule has 1 aromatic heterocycles. The Labute approximate surface area is 100 Å². The summed E-state index contributed by atoms with van der Waals surface area (Å²) in [5.41, 5.74) is 0. The molecule has 0 radical (unpaired) electrons. The molecular formula is C9H16ClN5O. The summed E-state index contributed by atoms with van der Waals surface area (Å²) in [4.78, 5) is 13.9. The Hall–Kier alpha value is -1.14. The predicted molar refractivity (Wildman–Crippen MR) is 64.1 cm³/mol. The van der Waals surface area contributed by atoms with Gasteiger partial charge in [-0.3, -0.25) is 0 Å². The molecular weight excluding hydrogens is 230 g/mol. The van der Waals surface area contributed by atoms with E-state index in [0.29, 0.717) is 18.5 Å². The molecule has 0 saturated carbocycles. The first-order valence-corrected chi connectivity index (χ1v) is 5.33. The smallest absolute Gasteiger partial charge is 0.230 e. The van der Waals surface area contributed by atoms with Gasteiger partial charge in [0, 0.05) is 34.4 Å². The van der Waals surface area contributed by atoms with Gasteiger partial charge in [0.25, 0.3) is 0 Å². The van der Waals surface area contributed by atoms with E-state index in [2.05, 4.69) is 20.3 Å². The van der Waals surface area contributed by atoms with Crippen LogP contribution >= 0.6 is 11.6 Å². The molecule has 0 spiro atoms. The number of nitrogens with one attached hydrogen (secondary N) is 1. The second-order valence-corrected chi connectivity index (χ2v) is 3.73. The van der Waals surface area contributed by atoms with Gasteiger partial charge in [0.1, 0.15) is 0 Å². The third-order valence-corrected chi connectivity index (χ3v) is 1.97. The van der Waals surface area contributed by atoms with Crippen LogP contribution in [0, 0.1) is 0 Å². The molecule has 90 valence electrons. The summed E-state index contributed by atoms with van der Waals surface area (Å²) in [6.07, 6.45) is 0.886. The Kier molecular flexibility index (Phi) is 5.21. The standard InChI is InChI=1S/C9H16ClN5O/c1-15(2)9-13-7(10)12-8(14-9)11-5-4-6-16-3/h4-6H2,1-3H3,(H,11,12,13,14). The molecule has 0 bridgehead atoms. The van der Waals surface area contributed by atoms with Gasteiger partial charge >= 0.3 is 0 Å². The van der Waals surface area contributed by atoms with Crippen molar-refractivity contribution in [2.75, 3.05) is 44.6 Å². The van der Waals surface area contributed by atoms with Crippen LogP contribution in [0.1, 0.15) is 6.42 Å². The maximum atomic E-state index is 5.78. The quantitative estimate of drug-likeness (QED) is 0.756. The van der Waals surface area contributed by atoms with Crippen LogP contribution in [0.25, 0.3) is 0 Å². The van der Waals surface area contributed by atoms with Gasteiger partial charge in [0.2, 0.25) is 17.2 Å². The summed E-state index contributed by atoms with van der Waals surface area (Å²) >= 11 is 5.78. The SMILES string of the molecule is COCCCNc1nc(Cl)nc(N(C)C)n1. The molecule has 1 rings (SSSR count). The van der Waals surface area contributed by atoms with Gasteiger partial charge < -0.3 is 15.0 Å². The molecule has 7 heteroatoms. The highest BCUT2D eigenvalue weighted by Crippen LogP contribution is 2.11. The summed E-state index contributed by atoms with van der Waals surface area (Å²) in [5, 5.41) is 3.25. The van der Waals surface area contributed by atoms with E-state index in [1.165, 1.54) is 0 Å². The molecule has 1 N–H and O–H groups in total. The number of hydrogen-bond donors (Lipinski definition) is 1. The number of rotatable bonds is 6. The number of anilines is 2. The summed E-state index contributed by atoms with van der Waals surface area (Å²) in [5.74, 6) is 1.02. The Morgan fingerprint density at radius 1 is 1.31 bits per heavy atom. The van der Waals surface area contributed by atoms with Crippen molar-refractivity contribution in [1.29, 1.82) is 0 Å². The number of halogens is 1. The second-order valence-electron chi connectivity index (χ2n) is 3.40. The van der Waals surface area contributed by atoms with Crippen molar-refractivity contribution >= 4 is 23.5 Å². The molecule has 6 nitrogen and oxygen atoms in total. The van der Waals surface area contributed by atoms with Crippen molar-refractivity contribution in [3.63, 3.8) is 0 Å². The summed E-state index contributed by atoms with van der Waals surface area (Å²) in [6, 6.07) is 0. The first-order valence-electron chi connectivity index (χ1n) is 4.95. The highest BCUT2D eigenvalue weighted by atomic mass is 35.5. The van der Waals surface area contributed by atoms with E-state index in [9.17, 15) is 0 Å². The van der Waals surface area contributed by atoms with Crippen LogP contribution in [-0.2, 0) is 4.74 Å². The number of hydrogen-bond acceptors (Lipinski definition) is 6. The lowest BCUT2D eigenvalue weighted by molar-refractivity contribution is 0.197. The molecule has 0 aromatic carbocycles. The molecule has 1 aromatic rings. The zero-order valence-corrected chi connectivity index (χ0v) is 10.5. The number of methoxy groups -OCH3 is 1. The van der Waals surface area contributed by atoms with Gasteiger partial charge in [-0.25, -0.2) is 0 Å². The Morgan fingerprint density at radius 2 is 2.06 bits per heavy atom. The van der Waals surface area contributed by atoms with Crippen LogP contribution in [0.4, 0.5) is 11.9 Å². The summed E-state index contributed by atoms with van der Waals surface area (Å²) in [7, 11) is 5.37. The zero-order chi connectivity index (χ0) is 12.0. The van der Waals surface area contributed by atoms with Crippen LogP contribution in [0.3, 0.4) is 0 Å². The monoisotopic (exact) mass is 245 g/mol. The van der Waals surface area contributed by atoms with Crippen molar-refractivity contribution in [2.24, 2.45) is 0 Å². The van der Waals surface area contributed by atoms with E-state index in [-0.39, 0.29) is 5.28 Å². The number of ether oxygens (including phenoxy) is 1. The molecule has 0 atom stereocenters. The fourth-order valence-electron chi connectivity index (χ4n) is 1.04. The average molecular weight is 246 g/mol. The molecule has 1 heterocycles. The van der Waals surface area contributed by atoms with E-state index in [4.69, 9.17) is 16.3 Å². The lowest BCUT2D eigenvalue weighted by Crippen LogP contribution is -2.16. The van der Waals surface area contributed by atoms with E-state index in [0.717, 1.165) is 13.0 Å². The van der Waals surface area contributed by atoms with Gasteiger partial charge in [0.15, 0.2) is 0 Å². The van der Waals surface area contributed by atoms with Crippen molar-refractivity contribution in [2.45, 2.75) is 6.42 Å². The zero-order valence-electron chi connectivity index (χ0n) is 9.70. The Balaban J connectivity index is 2.58. The fourth-order valence-corrected chi connectivity index (χ4v) is 1.19. The lowest BCUT2D eigenvalue weighted by Gasteiger charge is -2.11. The minimum atomic E-state index is 0.188. The van der Waals surface area contributed by atoms with E-state index in [1.54, 1.807) is 12.0 Å². The Bertz CT molecular complexity index is 334. The van der Waals surface area contributed by atoms with E-state index >= 15 is 0 Å². The maximum Gasteiger partial charge on any atom is 0.230 e. The lowest BCUT2D eigenvalue weighted by atomic mass is 10.4.